The van der Waals surface area contributed by atoms with Crippen LogP contribution in [0.15, 0.2) is 42.6 Å². The van der Waals surface area contributed by atoms with Gasteiger partial charge in [-0.2, -0.15) is 5.10 Å². The van der Waals surface area contributed by atoms with Crippen molar-refractivity contribution in [3.63, 3.8) is 0 Å². The summed E-state index contributed by atoms with van der Waals surface area (Å²) in [6, 6.07) is 11.3. The number of aromatic nitrogens is 2. The summed E-state index contributed by atoms with van der Waals surface area (Å²) in [5.41, 5.74) is 2.90. The van der Waals surface area contributed by atoms with E-state index in [-0.39, 0.29) is 24.1 Å². The maximum Gasteiger partial charge on any atom is 0.407 e. The van der Waals surface area contributed by atoms with Crippen LogP contribution in [0, 0.1) is 5.92 Å². The molecule has 8 nitrogen and oxygen atoms in total. The van der Waals surface area contributed by atoms with E-state index in [9.17, 15) is 15.0 Å². The molecule has 2 aliphatic carbocycles. The van der Waals surface area contributed by atoms with E-state index < -0.39 is 6.09 Å². The Bertz CT molecular complexity index is 1210. The highest BCUT2D eigenvalue weighted by molar-refractivity contribution is 5.90. The molecule has 2 aromatic carbocycles. The highest BCUT2D eigenvalue weighted by Crippen LogP contribution is 2.39. The number of aromatic hydroxyl groups is 1. The molecule has 1 aromatic heterocycles. The first-order chi connectivity index (χ1) is 17.0. The number of amides is 1. The number of ether oxygens (including phenoxy) is 2. The van der Waals surface area contributed by atoms with Crippen LogP contribution in [0.3, 0.4) is 0 Å². The average molecular weight is 478 g/mol. The third-order valence-electron chi connectivity index (χ3n) is 7.51. The van der Waals surface area contributed by atoms with E-state index in [0.717, 1.165) is 66.5 Å². The molecule has 0 spiro atoms. The Labute approximate surface area is 204 Å². The summed E-state index contributed by atoms with van der Waals surface area (Å²) in [6.45, 7) is 1.37. The van der Waals surface area contributed by atoms with Gasteiger partial charge >= 0.3 is 6.09 Å². The van der Waals surface area contributed by atoms with Crippen molar-refractivity contribution >= 4 is 17.0 Å². The van der Waals surface area contributed by atoms with Gasteiger partial charge in [0.25, 0.3) is 0 Å². The Kier molecular flexibility index (Phi) is 5.76. The monoisotopic (exact) mass is 477 g/mol. The summed E-state index contributed by atoms with van der Waals surface area (Å²) in [6.07, 6.45) is 7.65. The van der Waals surface area contributed by atoms with Crippen molar-refractivity contribution < 1.29 is 24.5 Å². The minimum Gasteiger partial charge on any atom is -0.508 e. The number of carboxylic acid groups (broad SMARTS) is 1. The van der Waals surface area contributed by atoms with Crippen LogP contribution in [0.5, 0.6) is 11.5 Å². The average Bonchev–Trinajstić information content (AvgIpc) is 3.56. The van der Waals surface area contributed by atoms with Crippen LogP contribution in [0.25, 0.3) is 22.0 Å². The van der Waals surface area contributed by atoms with Gasteiger partial charge in [-0.15, -0.1) is 0 Å². The van der Waals surface area contributed by atoms with Crippen LogP contribution in [-0.4, -0.2) is 56.3 Å². The number of fused-ring (bicyclic) bond motifs is 1. The molecule has 2 heterocycles. The molecule has 2 saturated carbocycles. The highest BCUT2D eigenvalue weighted by atomic mass is 16.5. The van der Waals surface area contributed by atoms with Crippen molar-refractivity contribution in [2.45, 2.75) is 63.3 Å². The normalized spacial score (nSPS) is 24.2. The topological polar surface area (TPSA) is 97.0 Å². The first-order valence-electron chi connectivity index (χ1n) is 12.6. The molecule has 1 aliphatic heterocycles. The van der Waals surface area contributed by atoms with Gasteiger partial charge in [0.15, 0.2) is 6.23 Å². The maximum absolute atomic E-state index is 11.8. The smallest absolute Gasteiger partial charge is 0.407 e. The number of phenolic OH excluding ortho intramolecular Hbond substituents is 1. The van der Waals surface area contributed by atoms with E-state index in [1.165, 1.54) is 0 Å². The molecule has 1 unspecified atom stereocenters. The molecule has 3 fully saturated rings. The number of carbonyl (C=O) groups is 1. The van der Waals surface area contributed by atoms with E-state index in [2.05, 4.69) is 11.2 Å². The fourth-order valence-electron chi connectivity index (χ4n) is 5.21. The lowest BCUT2D eigenvalue weighted by molar-refractivity contribution is -0.0366. The quantitative estimate of drug-likeness (QED) is 0.472. The third kappa shape index (κ3) is 4.55. The Morgan fingerprint density at radius 1 is 1.11 bits per heavy atom. The standard InChI is InChI=1S/C27H31N3O5/c31-21-8-6-18(7-9-21)19-11-24-23(15-28-30(24)26-3-1-2-10-34-26)25(12-19)35-22-13-20(14-22)29(27(32)33)16-17-4-5-17/h6-9,11-12,15,17,20,22,26,31H,1-5,10,13-14,16H2,(H,32,33)/t20-,22+,26?. The Morgan fingerprint density at radius 3 is 2.60 bits per heavy atom. The SMILES string of the molecule is O=C(O)N(CC1CC1)[C@H]1C[C@@H](Oc2cc(-c3ccc(O)cc3)cc3c2cnn3C2CCCCO2)C1. The fraction of sp³-hybridized carbons (Fsp3) is 0.481. The summed E-state index contributed by atoms with van der Waals surface area (Å²) < 4.78 is 14.4. The zero-order valence-corrected chi connectivity index (χ0v) is 19.7. The predicted molar refractivity (Wildman–Crippen MR) is 131 cm³/mol. The molecule has 0 bridgehead atoms. The largest absolute Gasteiger partial charge is 0.508 e. The molecule has 35 heavy (non-hydrogen) atoms. The summed E-state index contributed by atoms with van der Waals surface area (Å²) >= 11 is 0. The molecule has 1 atom stereocenters. The zero-order chi connectivity index (χ0) is 23.9. The van der Waals surface area contributed by atoms with Gasteiger partial charge in [0.2, 0.25) is 0 Å². The second-order valence-corrected chi connectivity index (χ2v) is 10.1. The van der Waals surface area contributed by atoms with Gasteiger partial charge in [-0.25, -0.2) is 9.48 Å². The molecular weight excluding hydrogens is 446 g/mol. The first kappa shape index (κ1) is 22.2. The van der Waals surface area contributed by atoms with Gasteiger partial charge < -0.3 is 24.6 Å². The van der Waals surface area contributed by atoms with Crippen molar-refractivity contribution in [3.05, 3.63) is 42.6 Å². The number of benzene rings is 2. The molecule has 0 radical (unpaired) electrons. The van der Waals surface area contributed by atoms with Crippen molar-refractivity contribution in [1.29, 1.82) is 0 Å². The summed E-state index contributed by atoms with van der Waals surface area (Å²) in [7, 11) is 0. The van der Waals surface area contributed by atoms with Crippen molar-refractivity contribution in [2.24, 2.45) is 5.92 Å². The van der Waals surface area contributed by atoms with Crippen molar-refractivity contribution in [1.82, 2.24) is 14.7 Å². The molecule has 3 aliphatic rings. The molecule has 8 heteroatoms. The predicted octanol–water partition coefficient (Wildman–Crippen LogP) is 5.41. The Morgan fingerprint density at radius 2 is 1.91 bits per heavy atom. The zero-order valence-electron chi connectivity index (χ0n) is 19.7. The Balaban J connectivity index is 1.28. The first-order valence-corrected chi connectivity index (χ1v) is 12.6. The number of phenols is 1. The maximum atomic E-state index is 11.8. The molecule has 2 N–H and O–H groups in total. The summed E-state index contributed by atoms with van der Waals surface area (Å²) in [5.74, 6) is 1.50. The van der Waals surface area contributed by atoms with Crippen LogP contribution < -0.4 is 4.74 Å². The lowest BCUT2D eigenvalue weighted by Gasteiger charge is -2.41. The lowest BCUT2D eigenvalue weighted by Crippen LogP contribution is -2.51. The molecular formula is C27H31N3O5. The fourth-order valence-corrected chi connectivity index (χ4v) is 5.21. The summed E-state index contributed by atoms with van der Waals surface area (Å²) in [4.78, 5) is 13.4. The molecule has 6 rings (SSSR count). The van der Waals surface area contributed by atoms with Gasteiger partial charge in [0, 0.05) is 32.0 Å². The van der Waals surface area contributed by atoms with Crippen LogP contribution in [-0.2, 0) is 4.74 Å². The van der Waals surface area contributed by atoms with Crippen LogP contribution in [0.1, 0.15) is 51.2 Å². The van der Waals surface area contributed by atoms with Gasteiger partial charge in [-0.05, 0) is 73.4 Å². The molecule has 1 amide bonds. The van der Waals surface area contributed by atoms with E-state index in [4.69, 9.17) is 9.47 Å². The summed E-state index contributed by atoms with van der Waals surface area (Å²) in [5, 5.41) is 25.0. The van der Waals surface area contributed by atoms with E-state index in [1.807, 2.05) is 29.1 Å². The second-order valence-electron chi connectivity index (χ2n) is 10.1. The number of hydrogen-bond acceptors (Lipinski definition) is 5. The van der Waals surface area contributed by atoms with E-state index in [0.29, 0.717) is 25.3 Å². The van der Waals surface area contributed by atoms with Gasteiger partial charge in [0.05, 0.1) is 17.1 Å². The second kappa shape index (κ2) is 9.07. The number of rotatable bonds is 7. The number of hydrogen-bond donors (Lipinski definition) is 2. The van der Waals surface area contributed by atoms with Crippen LogP contribution in [0.4, 0.5) is 4.79 Å². The molecule has 3 aromatic rings. The van der Waals surface area contributed by atoms with E-state index in [1.54, 1.807) is 17.0 Å². The van der Waals surface area contributed by atoms with Crippen molar-refractivity contribution in [3.8, 4) is 22.6 Å². The third-order valence-corrected chi connectivity index (χ3v) is 7.51. The van der Waals surface area contributed by atoms with Crippen LogP contribution in [0.2, 0.25) is 0 Å². The van der Waals surface area contributed by atoms with Gasteiger partial charge in [-0.1, -0.05) is 12.1 Å². The molecule has 184 valence electrons. The highest BCUT2D eigenvalue weighted by Gasteiger charge is 2.40. The minimum atomic E-state index is -0.828. The van der Waals surface area contributed by atoms with Crippen LogP contribution >= 0.6 is 0 Å². The van der Waals surface area contributed by atoms with Gasteiger partial charge in [-0.3, -0.25) is 0 Å². The van der Waals surface area contributed by atoms with Crippen molar-refractivity contribution in [2.75, 3.05) is 13.2 Å². The Hall–Kier alpha value is -3.26. The molecule has 1 saturated heterocycles. The lowest BCUT2D eigenvalue weighted by atomic mass is 9.87. The van der Waals surface area contributed by atoms with E-state index >= 15 is 0 Å². The van der Waals surface area contributed by atoms with Gasteiger partial charge in [0.1, 0.15) is 17.6 Å². The number of nitrogens with zero attached hydrogens (tertiary/aromatic N) is 3. The minimum absolute atomic E-state index is 0.0206.